The van der Waals surface area contributed by atoms with Crippen molar-refractivity contribution in [2.75, 3.05) is 11.4 Å². The standard InChI is InChI=1S/C30H23NO/c1-2-18-31-23-12-7-13-25-29(23)30(27-21-10-5-3-8-19(21)14-16-24(27)31)28-22-11-6-4-9-20(22)15-17-26(28)32-25/h3-17,30H,2,18H2,1H3. The summed E-state index contributed by atoms with van der Waals surface area (Å²) in [5.41, 5.74) is 6.58. The summed E-state index contributed by atoms with van der Waals surface area (Å²) in [6.07, 6.45) is 1.08. The molecule has 0 amide bonds. The second-order valence-corrected chi connectivity index (χ2v) is 8.79. The van der Waals surface area contributed by atoms with Crippen LogP contribution in [-0.4, -0.2) is 6.54 Å². The van der Waals surface area contributed by atoms with Gasteiger partial charge in [-0.25, -0.2) is 0 Å². The Labute approximate surface area is 187 Å². The van der Waals surface area contributed by atoms with Crippen LogP contribution in [0.3, 0.4) is 0 Å². The second kappa shape index (κ2) is 6.61. The lowest BCUT2D eigenvalue weighted by Crippen LogP contribution is -2.28. The molecule has 0 bridgehead atoms. The van der Waals surface area contributed by atoms with Gasteiger partial charge in [-0.05, 0) is 57.8 Å². The Hall–Kier alpha value is -3.78. The molecule has 0 aliphatic carbocycles. The lowest BCUT2D eigenvalue weighted by Gasteiger charge is -2.42. The summed E-state index contributed by atoms with van der Waals surface area (Å²) >= 11 is 0. The van der Waals surface area contributed by atoms with Crippen LogP contribution in [0, 0.1) is 0 Å². The van der Waals surface area contributed by atoms with Crippen molar-refractivity contribution in [3.05, 3.63) is 108 Å². The van der Waals surface area contributed by atoms with Crippen molar-refractivity contribution in [1.29, 1.82) is 0 Å². The first-order chi connectivity index (χ1) is 15.8. The highest BCUT2D eigenvalue weighted by Crippen LogP contribution is 2.59. The van der Waals surface area contributed by atoms with E-state index in [1.807, 2.05) is 0 Å². The predicted molar refractivity (Wildman–Crippen MR) is 133 cm³/mol. The number of ether oxygens (including phenoxy) is 1. The fourth-order valence-electron chi connectivity index (χ4n) is 5.78. The van der Waals surface area contributed by atoms with Crippen molar-refractivity contribution >= 4 is 32.9 Å². The molecule has 32 heavy (non-hydrogen) atoms. The highest BCUT2D eigenvalue weighted by molar-refractivity contribution is 5.99. The largest absolute Gasteiger partial charge is 0.457 e. The molecule has 1 atom stereocenters. The van der Waals surface area contributed by atoms with Gasteiger partial charge in [0.2, 0.25) is 0 Å². The molecule has 0 saturated carbocycles. The third kappa shape index (κ3) is 2.30. The number of hydrogen-bond donors (Lipinski definition) is 0. The summed E-state index contributed by atoms with van der Waals surface area (Å²) in [5.74, 6) is 2.10. The van der Waals surface area contributed by atoms with Crippen LogP contribution in [0.5, 0.6) is 11.5 Å². The molecule has 2 aliphatic heterocycles. The van der Waals surface area contributed by atoms with Crippen LogP contribution in [0.25, 0.3) is 21.5 Å². The summed E-state index contributed by atoms with van der Waals surface area (Å²) in [6.45, 7) is 3.23. The van der Waals surface area contributed by atoms with Crippen molar-refractivity contribution in [3.63, 3.8) is 0 Å². The molecule has 5 aromatic carbocycles. The van der Waals surface area contributed by atoms with E-state index in [-0.39, 0.29) is 5.92 Å². The normalized spacial score (nSPS) is 15.8. The molecule has 0 N–H and O–H groups in total. The average molecular weight is 414 g/mol. The molecule has 5 aromatic rings. The summed E-state index contributed by atoms with van der Waals surface area (Å²) in [7, 11) is 0. The molecule has 2 heteroatoms. The molecule has 2 aliphatic rings. The van der Waals surface area contributed by atoms with Gasteiger partial charge >= 0.3 is 0 Å². The molecule has 0 radical (unpaired) electrons. The van der Waals surface area contributed by atoms with Gasteiger partial charge in [-0.1, -0.05) is 73.7 Å². The minimum Gasteiger partial charge on any atom is -0.457 e. The van der Waals surface area contributed by atoms with E-state index >= 15 is 0 Å². The number of fused-ring (bicyclic) bond motifs is 8. The van der Waals surface area contributed by atoms with Crippen LogP contribution in [0.4, 0.5) is 11.4 Å². The molecule has 0 aromatic heterocycles. The van der Waals surface area contributed by atoms with Crippen LogP contribution in [0.15, 0.2) is 91.0 Å². The average Bonchev–Trinajstić information content (AvgIpc) is 2.85. The van der Waals surface area contributed by atoms with Gasteiger partial charge in [0.1, 0.15) is 11.5 Å². The van der Waals surface area contributed by atoms with E-state index in [9.17, 15) is 0 Å². The van der Waals surface area contributed by atoms with Crippen molar-refractivity contribution in [1.82, 2.24) is 0 Å². The van der Waals surface area contributed by atoms with Gasteiger partial charge < -0.3 is 9.64 Å². The van der Waals surface area contributed by atoms with Gasteiger partial charge in [0.05, 0.1) is 0 Å². The lowest BCUT2D eigenvalue weighted by molar-refractivity contribution is 0.454. The van der Waals surface area contributed by atoms with Gasteiger partial charge in [-0.3, -0.25) is 0 Å². The Kier molecular flexibility index (Phi) is 3.69. The summed E-state index contributed by atoms with van der Waals surface area (Å²) in [5, 5.41) is 5.15. The smallest absolute Gasteiger partial charge is 0.133 e. The second-order valence-electron chi connectivity index (χ2n) is 8.79. The monoisotopic (exact) mass is 413 g/mol. The Bertz CT molecular complexity index is 1530. The number of benzene rings is 5. The highest BCUT2D eigenvalue weighted by atomic mass is 16.5. The van der Waals surface area contributed by atoms with Gasteiger partial charge in [0, 0.05) is 35.0 Å². The third-order valence-corrected chi connectivity index (χ3v) is 7.04. The first kappa shape index (κ1) is 17.9. The molecule has 7 rings (SSSR count). The van der Waals surface area contributed by atoms with Crippen LogP contribution < -0.4 is 9.64 Å². The van der Waals surface area contributed by atoms with E-state index in [0.717, 1.165) is 24.5 Å². The summed E-state index contributed by atoms with van der Waals surface area (Å²) in [6, 6.07) is 33.0. The van der Waals surface area contributed by atoms with Gasteiger partial charge in [0.15, 0.2) is 0 Å². The van der Waals surface area contributed by atoms with Crippen molar-refractivity contribution < 1.29 is 4.74 Å². The first-order valence-corrected chi connectivity index (χ1v) is 11.5. The molecule has 0 fully saturated rings. The van der Waals surface area contributed by atoms with Gasteiger partial charge in [0.25, 0.3) is 0 Å². The van der Waals surface area contributed by atoms with E-state index < -0.39 is 0 Å². The van der Waals surface area contributed by atoms with Crippen LogP contribution in [-0.2, 0) is 0 Å². The van der Waals surface area contributed by atoms with E-state index in [1.54, 1.807) is 0 Å². The zero-order chi connectivity index (χ0) is 21.2. The Morgan fingerprint density at radius 1 is 0.625 bits per heavy atom. The molecule has 1 unspecified atom stereocenters. The maximum Gasteiger partial charge on any atom is 0.133 e. The van der Waals surface area contributed by atoms with Crippen LogP contribution >= 0.6 is 0 Å². The van der Waals surface area contributed by atoms with E-state index in [1.165, 1.54) is 49.6 Å². The zero-order valence-corrected chi connectivity index (χ0v) is 18.0. The number of rotatable bonds is 2. The highest BCUT2D eigenvalue weighted by Gasteiger charge is 2.39. The van der Waals surface area contributed by atoms with E-state index in [2.05, 4.69) is 103 Å². The number of anilines is 2. The van der Waals surface area contributed by atoms with Crippen molar-refractivity contribution in [2.45, 2.75) is 19.3 Å². The molecule has 0 saturated heterocycles. The van der Waals surface area contributed by atoms with Crippen molar-refractivity contribution in [3.8, 4) is 11.5 Å². The third-order valence-electron chi connectivity index (χ3n) is 7.04. The Balaban J connectivity index is 1.66. The minimum absolute atomic E-state index is 0.144. The Morgan fingerprint density at radius 2 is 1.28 bits per heavy atom. The molecular weight excluding hydrogens is 390 g/mol. The van der Waals surface area contributed by atoms with Crippen molar-refractivity contribution in [2.24, 2.45) is 0 Å². The van der Waals surface area contributed by atoms with Crippen LogP contribution in [0.2, 0.25) is 0 Å². The molecule has 2 nitrogen and oxygen atoms in total. The van der Waals surface area contributed by atoms with E-state index in [0.29, 0.717) is 0 Å². The molecule has 0 spiro atoms. The van der Waals surface area contributed by atoms with E-state index in [4.69, 9.17) is 4.74 Å². The maximum atomic E-state index is 6.56. The summed E-state index contributed by atoms with van der Waals surface area (Å²) in [4.78, 5) is 2.50. The zero-order valence-electron chi connectivity index (χ0n) is 18.0. The first-order valence-electron chi connectivity index (χ1n) is 11.5. The van der Waals surface area contributed by atoms with Gasteiger partial charge in [-0.15, -0.1) is 0 Å². The lowest BCUT2D eigenvalue weighted by atomic mass is 9.75. The Morgan fingerprint density at radius 3 is 2.06 bits per heavy atom. The maximum absolute atomic E-state index is 6.56. The molecule has 154 valence electrons. The SMILES string of the molecule is CCCN1c2cccc3c2C(c2c(ccc4ccccc24)O3)c2c1ccc1ccccc21. The fourth-order valence-corrected chi connectivity index (χ4v) is 5.78. The van der Waals surface area contributed by atoms with Crippen LogP contribution in [0.1, 0.15) is 36.0 Å². The number of hydrogen-bond acceptors (Lipinski definition) is 2. The minimum atomic E-state index is 0.144. The molecular formula is C30H23NO. The number of nitrogens with zero attached hydrogens (tertiary/aromatic N) is 1. The summed E-state index contributed by atoms with van der Waals surface area (Å²) < 4.78 is 6.56. The van der Waals surface area contributed by atoms with Gasteiger partial charge in [-0.2, -0.15) is 0 Å². The quantitative estimate of drug-likeness (QED) is 0.284. The topological polar surface area (TPSA) is 12.5 Å². The predicted octanol–water partition coefficient (Wildman–Crippen LogP) is 8.14. The fraction of sp³-hybridized carbons (Fsp3) is 0.133. The molecule has 2 heterocycles.